The number of ether oxygens (including phenoxy) is 1. The van der Waals surface area contributed by atoms with E-state index in [-0.39, 0.29) is 12.0 Å². The molecule has 0 spiro atoms. The van der Waals surface area contributed by atoms with Gasteiger partial charge in [-0.3, -0.25) is 9.79 Å². The highest BCUT2D eigenvalue weighted by Crippen LogP contribution is 2.20. The molecule has 29 heavy (non-hydrogen) atoms. The van der Waals surface area contributed by atoms with E-state index in [4.69, 9.17) is 9.26 Å². The number of aromatic nitrogens is 1. The minimum absolute atomic E-state index is 0.126. The lowest BCUT2D eigenvalue weighted by molar-refractivity contribution is -0.142. The van der Waals surface area contributed by atoms with Crippen LogP contribution in [0.1, 0.15) is 18.5 Å². The van der Waals surface area contributed by atoms with Crippen LogP contribution in [0.5, 0.6) is 0 Å². The first kappa shape index (κ1) is 19.4. The first-order chi connectivity index (χ1) is 14.2. The van der Waals surface area contributed by atoms with Crippen LogP contribution in [-0.4, -0.2) is 72.8 Å². The summed E-state index contributed by atoms with van der Waals surface area (Å²) in [5.74, 6) is 1.68. The largest absolute Gasteiger partial charge is 0.368 e. The molecule has 154 valence electrons. The number of hydrogen-bond donors (Lipinski definition) is 1. The smallest absolute Gasteiger partial charge is 0.251 e. The van der Waals surface area contributed by atoms with E-state index in [1.54, 1.807) is 7.05 Å². The zero-order chi connectivity index (χ0) is 20.1. The van der Waals surface area contributed by atoms with E-state index in [0.29, 0.717) is 26.2 Å². The lowest BCUT2D eigenvalue weighted by Crippen LogP contribution is -2.55. The second-order valence-corrected chi connectivity index (χ2v) is 7.26. The van der Waals surface area contributed by atoms with Crippen LogP contribution in [-0.2, 0) is 16.1 Å². The average Bonchev–Trinajstić information content (AvgIpc) is 3.47. The molecule has 1 N–H and O–H groups in total. The molecule has 1 aromatic carbocycles. The zero-order valence-electron chi connectivity index (χ0n) is 16.7. The molecule has 8 nitrogen and oxygen atoms in total. The summed E-state index contributed by atoms with van der Waals surface area (Å²) in [6.45, 7) is 4.07. The van der Waals surface area contributed by atoms with Gasteiger partial charge in [-0.1, -0.05) is 35.5 Å². The second-order valence-electron chi connectivity index (χ2n) is 7.26. The van der Waals surface area contributed by atoms with Crippen molar-refractivity contribution in [3.63, 3.8) is 0 Å². The number of guanidine groups is 1. The molecule has 2 saturated heterocycles. The fourth-order valence-corrected chi connectivity index (χ4v) is 3.75. The summed E-state index contributed by atoms with van der Waals surface area (Å²) in [6.07, 6.45) is 1.57. The standard InChI is InChI=1S/C21H27N5O3/c1-22-21(23-15-17-14-19(29-24-17)16-6-3-2-4-7-16)26-11-9-25(10-12-26)20(27)18-8-5-13-28-18/h2-4,6-7,14,18H,5,8-13,15H2,1H3,(H,22,23). The van der Waals surface area contributed by atoms with E-state index in [2.05, 4.69) is 20.4 Å². The SMILES string of the molecule is CN=C(NCc1cc(-c2ccccc2)on1)N1CCN(C(=O)C2CCCO2)CC1. The van der Waals surface area contributed by atoms with E-state index in [0.717, 1.165) is 48.9 Å². The molecule has 2 aliphatic heterocycles. The Kier molecular flexibility index (Phi) is 6.09. The number of rotatable bonds is 4. The molecular weight excluding hydrogens is 370 g/mol. The number of carbonyl (C=O) groups is 1. The molecule has 0 radical (unpaired) electrons. The number of piperazine rings is 1. The van der Waals surface area contributed by atoms with Crippen LogP contribution in [0.15, 0.2) is 45.9 Å². The van der Waals surface area contributed by atoms with Gasteiger partial charge in [0.2, 0.25) is 0 Å². The van der Waals surface area contributed by atoms with Gasteiger partial charge in [0.1, 0.15) is 11.8 Å². The van der Waals surface area contributed by atoms with Gasteiger partial charge in [0.05, 0.1) is 6.54 Å². The molecule has 1 amide bonds. The third-order valence-corrected chi connectivity index (χ3v) is 5.35. The quantitative estimate of drug-likeness (QED) is 0.625. The lowest BCUT2D eigenvalue weighted by Gasteiger charge is -2.37. The minimum atomic E-state index is -0.245. The lowest BCUT2D eigenvalue weighted by atomic mass is 10.2. The third kappa shape index (κ3) is 4.59. The number of hydrogen-bond acceptors (Lipinski definition) is 5. The van der Waals surface area contributed by atoms with Crippen LogP contribution in [0.3, 0.4) is 0 Å². The zero-order valence-corrected chi connectivity index (χ0v) is 16.7. The van der Waals surface area contributed by atoms with Crippen LogP contribution in [0, 0.1) is 0 Å². The Morgan fingerprint density at radius 2 is 1.97 bits per heavy atom. The highest BCUT2D eigenvalue weighted by Gasteiger charge is 2.30. The Balaban J connectivity index is 1.28. The number of nitrogens with one attached hydrogen (secondary N) is 1. The molecule has 2 aromatic rings. The van der Waals surface area contributed by atoms with Crippen molar-refractivity contribution in [2.45, 2.75) is 25.5 Å². The van der Waals surface area contributed by atoms with Gasteiger partial charge in [-0.25, -0.2) is 0 Å². The average molecular weight is 397 g/mol. The monoisotopic (exact) mass is 397 g/mol. The van der Waals surface area contributed by atoms with Gasteiger partial charge < -0.3 is 24.4 Å². The van der Waals surface area contributed by atoms with E-state index >= 15 is 0 Å². The van der Waals surface area contributed by atoms with Crippen molar-refractivity contribution in [1.29, 1.82) is 0 Å². The first-order valence-electron chi connectivity index (χ1n) is 10.1. The van der Waals surface area contributed by atoms with Gasteiger partial charge in [0, 0.05) is 51.5 Å². The summed E-state index contributed by atoms with van der Waals surface area (Å²) >= 11 is 0. The van der Waals surface area contributed by atoms with Crippen molar-refractivity contribution in [1.82, 2.24) is 20.3 Å². The van der Waals surface area contributed by atoms with Crippen LogP contribution in [0.4, 0.5) is 0 Å². The van der Waals surface area contributed by atoms with E-state index in [9.17, 15) is 4.79 Å². The molecular formula is C21H27N5O3. The van der Waals surface area contributed by atoms with Gasteiger partial charge in [-0.15, -0.1) is 0 Å². The maximum Gasteiger partial charge on any atom is 0.251 e. The molecule has 2 aliphatic rings. The van der Waals surface area contributed by atoms with Gasteiger partial charge in [-0.2, -0.15) is 0 Å². The van der Waals surface area contributed by atoms with Crippen LogP contribution >= 0.6 is 0 Å². The molecule has 0 saturated carbocycles. The van der Waals surface area contributed by atoms with Gasteiger partial charge in [0.15, 0.2) is 11.7 Å². The maximum atomic E-state index is 12.5. The van der Waals surface area contributed by atoms with Gasteiger partial charge in [0.25, 0.3) is 5.91 Å². The van der Waals surface area contributed by atoms with E-state index in [1.807, 2.05) is 41.3 Å². The van der Waals surface area contributed by atoms with Crippen LogP contribution in [0.25, 0.3) is 11.3 Å². The van der Waals surface area contributed by atoms with Crippen molar-refractivity contribution in [3.05, 3.63) is 42.1 Å². The number of nitrogens with zero attached hydrogens (tertiary/aromatic N) is 4. The summed E-state index contributed by atoms with van der Waals surface area (Å²) in [6, 6.07) is 11.8. The Hall–Kier alpha value is -2.87. The van der Waals surface area contributed by atoms with Crippen LogP contribution < -0.4 is 5.32 Å². The number of aliphatic imine (C=N–C) groups is 1. The van der Waals surface area contributed by atoms with Crippen molar-refractivity contribution < 1.29 is 14.1 Å². The van der Waals surface area contributed by atoms with Crippen LogP contribution in [0.2, 0.25) is 0 Å². The highest BCUT2D eigenvalue weighted by molar-refractivity contribution is 5.82. The number of amides is 1. The Labute approximate surface area is 170 Å². The van der Waals surface area contributed by atoms with Crippen molar-refractivity contribution in [2.24, 2.45) is 4.99 Å². The summed E-state index contributed by atoms with van der Waals surface area (Å²) in [4.78, 5) is 20.9. The minimum Gasteiger partial charge on any atom is -0.368 e. The summed E-state index contributed by atoms with van der Waals surface area (Å²) in [7, 11) is 1.77. The molecule has 1 aromatic heterocycles. The normalized spacial score (nSPS) is 20.2. The number of benzene rings is 1. The first-order valence-corrected chi connectivity index (χ1v) is 10.1. The molecule has 1 atom stereocenters. The Morgan fingerprint density at radius 3 is 2.66 bits per heavy atom. The maximum absolute atomic E-state index is 12.5. The fraction of sp³-hybridized carbons (Fsp3) is 0.476. The predicted molar refractivity (Wildman–Crippen MR) is 109 cm³/mol. The molecule has 4 rings (SSSR count). The molecule has 2 fully saturated rings. The van der Waals surface area contributed by atoms with Gasteiger partial charge >= 0.3 is 0 Å². The molecule has 8 heteroatoms. The molecule has 0 aliphatic carbocycles. The predicted octanol–water partition coefficient (Wildman–Crippen LogP) is 1.74. The fourth-order valence-electron chi connectivity index (χ4n) is 3.75. The second kappa shape index (κ2) is 9.09. The Morgan fingerprint density at radius 1 is 1.21 bits per heavy atom. The van der Waals surface area contributed by atoms with E-state index in [1.165, 1.54) is 0 Å². The van der Waals surface area contributed by atoms with E-state index < -0.39 is 0 Å². The summed E-state index contributed by atoms with van der Waals surface area (Å²) in [5, 5.41) is 7.49. The summed E-state index contributed by atoms with van der Waals surface area (Å²) < 4.78 is 11.0. The third-order valence-electron chi connectivity index (χ3n) is 5.35. The summed E-state index contributed by atoms with van der Waals surface area (Å²) in [5.41, 5.74) is 1.82. The van der Waals surface area contributed by atoms with Crippen molar-refractivity contribution >= 4 is 11.9 Å². The highest BCUT2D eigenvalue weighted by atomic mass is 16.5. The van der Waals surface area contributed by atoms with Crippen molar-refractivity contribution in [2.75, 3.05) is 39.8 Å². The topological polar surface area (TPSA) is 83.2 Å². The Bertz CT molecular complexity index is 837. The molecule has 3 heterocycles. The van der Waals surface area contributed by atoms with Crippen molar-refractivity contribution in [3.8, 4) is 11.3 Å². The van der Waals surface area contributed by atoms with Gasteiger partial charge in [-0.05, 0) is 12.8 Å². The molecule has 0 bridgehead atoms. The number of carbonyl (C=O) groups excluding carboxylic acids is 1. The molecule has 1 unspecified atom stereocenters.